The molecule has 1 aromatic heterocycles. The Labute approximate surface area is 82.8 Å². The van der Waals surface area contributed by atoms with E-state index in [0.717, 1.165) is 12.5 Å². The van der Waals surface area contributed by atoms with Crippen LogP contribution in [0.3, 0.4) is 0 Å². The van der Waals surface area contributed by atoms with Gasteiger partial charge < -0.3 is 15.0 Å². The molecule has 0 unspecified atom stereocenters. The molecule has 0 aliphatic carbocycles. The monoisotopic (exact) mass is 197 g/mol. The number of rotatable bonds is 6. The van der Waals surface area contributed by atoms with E-state index in [1.165, 1.54) is 0 Å². The Morgan fingerprint density at radius 3 is 3.14 bits per heavy atom. The van der Waals surface area contributed by atoms with E-state index in [-0.39, 0.29) is 6.42 Å². The number of carboxylic acid groups (broad SMARTS) is 1. The lowest BCUT2D eigenvalue weighted by Gasteiger charge is -2.06. The largest absolute Gasteiger partial charge is 0.481 e. The van der Waals surface area contributed by atoms with Crippen LogP contribution in [-0.2, 0) is 11.3 Å². The van der Waals surface area contributed by atoms with E-state index in [1.807, 2.05) is 17.7 Å². The summed E-state index contributed by atoms with van der Waals surface area (Å²) < 4.78 is 1.97. The third-order valence-electron chi connectivity index (χ3n) is 1.91. The van der Waals surface area contributed by atoms with Gasteiger partial charge in [-0.25, -0.2) is 4.98 Å². The Kier molecular flexibility index (Phi) is 3.97. The molecular formula is C9H15N3O2. The van der Waals surface area contributed by atoms with Crippen LogP contribution in [0.2, 0.25) is 0 Å². The van der Waals surface area contributed by atoms with Gasteiger partial charge in [-0.05, 0) is 13.3 Å². The van der Waals surface area contributed by atoms with Gasteiger partial charge in [0.15, 0.2) is 0 Å². The van der Waals surface area contributed by atoms with Crippen molar-refractivity contribution in [3.05, 3.63) is 12.4 Å². The van der Waals surface area contributed by atoms with Crippen LogP contribution in [0, 0.1) is 0 Å². The molecule has 5 nitrogen and oxygen atoms in total. The van der Waals surface area contributed by atoms with Crippen molar-refractivity contribution in [3.63, 3.8) is 0 Å². The minimum Gasteiger partial charge on any atom is -0.481 e. The van der Waals surface area contributed by atoms with E-state index in [9.17, 15) is 4.79 Å². The average molecular weight is 197 g/mol. The molecule has 78 valence electrons. The van der Waals surface area contributed by atoms with E-state index < -0.39 is 5.97 Å². The summed E-state index contributed by atoms with van der Waals surface area (Å²) in [5.74, 6) is 0.0449. The number of imidazole rings is 1. The van der Waals surface area contributed by atoms with Crippen molar-refractivity contribution < 1.29 is 9.90 Å². The van der Waals surface area contributed by atoms with E-state index in [1.54, 1.807) is 6.20 Å². The first kappa shape index (κ1) is 10.6. The number of anilines is 1. The highest BCUT2D eigenvalue weighted by molar-refractivity contribution is 5.66. The molecule has 0 radical (unpaired) electrons. The second-order valence-electron chi connectivity index (χ2n) is 2.96. The van der Waals surface area contributed by atoms with Crippen molar-refractivity contribution in [2.45, 2.75) is 26.3 Å². The minimum atomic E-state index is -0.759. The zero-order valence-corrected chi connectivity index (χ0v) is 8.23. The van der Waals surface area contributed by atoms with Crippen LogP contribution in [0.15, 0.2) is 12.4 Å². The smallest absolute Gasteiger partial charge is 0.303 e. The van der Waals surface area contributed by atoms with Gasteiger partial charge >= 0.3 is 5.97 Å². The highest BCUT2D eigenvalue weighted by Gasteiger charge is 2.00. The second-order valence-corrected chi connectivity index (χ2v) is 2.96. The molecule has 14 heavy (non-hydrogen) atoms. The fourth-order valence-electron chi connectivity index (χ4n) is 1.17. The van der Waals surface area contributed by atoms with Gasteiger partial charge in [-0.2, -0.15) is 0 Å². The van der Waals surface area contributed by atoms with Crippen molar-refractivity contribution in [1.29, 1.82) is 0 Å². The molecule has 0 amide bonds. The molecule has 1 heterocycles. The lowest BCUT2D eigenvalue weighted by molar-refractivity contribution is -0.137. The molecular weight excluding hydrogens is 182 g/mol. The number of carbonyl (C=O) groups is 1. The van der Waals surface area contributed by atoms with Crippen molar-refractivity contribution in [3.8, 4) is 0 Å². The third kappa shape index (κ3) is 3.08. The number of hydrogen-bond acceptors (Lipinski definition) is 3. The Morgan fingerprint density at radius 2 is 2.50 bits per heavy atom. The highest BCUT2D eigenvalue weighted by Crippen LogP contribution is 2.03. The molecule has 0 aliphatic heterocycles. The predicted molar refractivity (Wildman–Crippen MR) is 53.3 cm³/mol. The van der Waals surface area contributed by atoms with Gasteiger partial charge in [0.25, 0.3) is 0 Å². The summed E-state index contributed by atoms with van der Waals surface area (Å²) >= 11 is 0. The first-order valence-corrected chi connectivity index (χ1v) is 4.71. The normalized spacial score (nSPS) is 10.1. The Morgan fingerprint density at radius 1 is 1.71 bits per heavy atom. The standard InChI is InChI=1S/C9H15N3O2/c1-2-12-7-6-11-9(12)10-5-3-4-8(13)14/h6-7H,2-5H2,1H3,(H,10,11)(H,13,14). The highest BCUT2D eigenvalue weighted by atomic mass is 16.4. The first-order chi connectivity index (χ1) is 6.74. The topological polar surface area (TPSA) is 67.2 Å². The third-order valence-corrected chi connectivity index (χ3v) is 1.91. The lowest BCUT2D eigenvalue weighted by atomic mass is 10.3. The summed E-state index contributed by atoms with van der Waals surface area (Å²) in [6.07, 6.45) is 4.42. The molecule has 0 aliphatic rings. The Bertz CT molecular complexity index is 296. The molecule has 1 rings (SSSR count). The minimum absolute atomic E-state index is 0.194. The van der Waals surface area contributed by atoms with Crippen LogP contribution in [-0.4, -0.2) is 27.2 Å². The average Bonchev–Trinajstić information content (AvgIpc) is 2.59. The number of nitrogens with one attached hydrogen (secondary N) is 1. The van der Waals surface area contributed by atoms with Gasteiger partial charge in [-0.3, -0.25) is 4.79 Å². The molecule has 0 saturated carbocycles. The zero-order chi connectivity index (χ0) is 10.4. The summed E-state index contributed by atoms with van der Waals surface area (Å²) in [5.41, 5.74) is 0. The van der Waals surface area contributed by atoms with Crippen molar-refractivity contribution >= 4 is 11.9 Å². The lowest BCUT2D eigenvalue weighted by Crippen LogP contribution is -2.09. The zero-order valence-electron chi connectivity index (χ0n) is 8.23. The maximum absolute atomic E-state index is 10.2. The first-order valence-electron chi connectivity index (χ1n) is 4.71. The number of aliphatic carboxylic acids is 1. The van der Waals surface area contributed by atoms with Crippen LogP contribution in [0.4, 0.5) is 5.95 Å². The number of aromatic nitrogens is 2. The van der Waals surface area contributed by atoms with Crippen molar-refractivity contribution in [1.82, 2.24) is 9.55 Å². The van der Waals surface area contributed by atoms with Gasteiger partial charge in [0, 0.05) is 31.9 Å². The Hall–Kier alpha value is -1.52. The number of nitrogens with zero attached hydrogens (tertiary/aromatic N) is 2. The van der Waals surface area contributed by atoms with Crippen LogP contribution in [0.1, 0.15) is 19.8 Å². The summed E-state index contributed by atoms with van der Waals surface area (Å²) in [6, 6.07) is 0. The van der Waals surface area contributed by atoms with Gasteiger partial charge in [-0.1, -0.05) is 0 Å². The number of aryl methyl sites for hydroxylation is 1. The molecule has 0 spiro atoms. The Balaban J connectivity index is 2.27. The SMILES string of the molecule is CCn1ccnc1NCCCC(=O)O. The second kappa shape index (κ2) is 5.26. The number of hydrogen-bond donors (Lipinski definition) is 2. The molecule has 0 saturated heterocycles. The van der Waals surface area contributed by atoms with E-state index in [2.05, 4.69) is 10.3 Å². The van der Waals surface area contributed by atoms with Gasteiger partial charge in [0.2, 0.25) is 5.95 Å². The summed E-state index contributed by atoms with van der Waals surface area (Å²) in [4.78, 5) is 14.3. The fourth-order valence-corrected chi connectivity index (χ4v) is 1.17. The van der Waals surface area contributed by atoms with E-state index >= 15 is 0 Å². The molecule has 1 aromatic rings. The molecule has 0 atom stereocenters. The molecule has 2 N–H and O–H groups in total. The summed E-state index contributed by atoms with van der Waals surface area (Å²) in [6.45, 7) is 3.54. The van der Waals surface area contributed by atoms with Gasteiger partial charge in [0.05, 0.1) is 0 Å². The maximum atomic E-state index is 10.2. The van der Waals surface area contributed by atoms with Crippen LogP contribution >= 0.6 is 0 Å². The van der Waals surface area contributed by atoms with Crippen LogP contribution < -0.4 is 5.32 Å². The van der Waals surface area contributed by atoms with E-state index in [4.69, 9.17) is 5.11 Å². The van der Waals surface area contributed by atoms with Crippen molar-refractivity contribution in [2.24, 2.45) is 0 Å². The summed E-state index contributed by atoms with van der Waals surface area (Å²) in [7, 11) is 0. The predicted octanol–water partition coefficient (Wildman–Crippen LogP) is 1.18. The maximum Gasteiger partial charge on any atom is 0.303 e. The molecule has 0 bridgehead atoms. The quantitative estimate of drug-likeness (QED) is 0.672. The molecule has 5 heteroatoms. The molecule has 0 fully saturated rings. The number of carboxylic acids is 1. The molecule has 0 aromatic carbocycles. The van der Waals surface area contributed by atoms with Crippen LogP contribution in [0.5, 0.6) is 0 Å². The fraction of sp³-hybridized carbons (Fsp3) is 0.556. The van der Waals surface area contributed by atoms with Gasteiger partial charge in [-0.15, -0.1) is 0 Å². The van der Waals surface area contributed by atoms with Crippen LogP contribution in [0.25, 0.3) is 0 Å². The van der Waals surface area contributed by atoms with E-state index in [0.29, 0.717) is 13.0 Å². The summed E-state index contributed by atoms with van der Waals surface area (Å²) in [5, 5.41) is 11.5. The van der Waals surface area contributed by atoms with Crippen molar-refractivity contribution in [2.75, 3.05) is 11.9 Å². The van der Waals surface area contributed by atoms with Gasteiger partial charge in [0.1, 0.15) is 0 Å².